The van der Waals surface area contributed by atoms with Crippen LogP contribution in [0, 0.1) is 0 Å². The van der Waals surface area contributed by atoms with Crippen molar-refractivity contribution >= 4 is 39.2 Å². The molecule has 3 rings (SSSR count). The number of fused-ring (bicyclic) bond motifs is 1. The summed E-state index contributed by atoms with van der Waals surface area (Å²) in [6.45, 7) is 3.78. The SMILES string of the molecule is CCC(C)NC(=O)C1(O)c2cc(Br)ccc2NC(=O)N1c1ccccc1. The maximum Gasteiger partial charge on any atom is 0.329 e. The van der Waals surface area contributed by atoms with Crippen LogP contribution in [0.1, 0.15) is 25.8 Å². The van der Waals surface area contributed by atoms with Crippen molar-refractivity contribution in [3.8, 4) is 0 Å². The summed E-state index contributed by atoms with van der Waals surface area (Å²) in [4.78, 5) is 27.0. The third kappa shape index (κ3) is 3.08. The number of para-hydroxylation sites is 1. The van der Waals surface area contributed by atoms with E-state index in [0.29, 0.717) is 27.8 Å². The summed E-state index contributed by atoms with van der Waals surface area (Å²) in [7, 11) is 0. The average Bonchev–Trinajstić information content (AvgIpc) is 2.63. The Morgan fingerprint density at radius 1 is 1.31 bits per heavy atom. The molecule has 26 heavy (non-hydrogen) atoms. The number of nitrogens with one attached hydrogen (secondary N) is 2. The molecule has 0 aliphatic carbocycles. The molecule has 2 unspecified atom stereocenters. The van der Waals surface area contributed by atoms with Crippen molar-refractivity contribution in [2.24, 2.45) is 0 Å². The molecule has 2 aromatic rings. The minimum Gasteiger partial charge on any atom is -0.359 e. The van der Waals surface area contributed by atoms with Gasteiger partial charge in [-0.1, -0.05) is 41.1 Å². The van der Waals surface area contributed by atoms with Crippen LogP contribution >= 0.6 is 15.9 Å². The molecule has 0 fully saturated rings. The highest BCUT2D eigenvalue weighted by molar-refractivity contribution is 9.10. The number of amides is 3. The van der Waals surface area contributed by atoms with Gasteiger partial charge < -0.3 is 15.7 Å². The number of aliphatic hydroxyl groups is 1. The molecule has 136 valence electrons. The van der Waals surface area contributed by atoms with E-state index in [9.17, 15) is 14.7 Å². The number of halogens is 1. The lowest BCUT2D eigenvalue weighted by Crippen LogP contribution is -2.63. The summed E-state index contributed by atoms with van der Waals surface area (Å²) in [5.74, 6) is -0.648. The summed E-state index contributed by atoms with van der Waals surface area (Å²) in [5, 5.41) is 17.1. The van der Waals surface area contributed by atoms with Crippen LogP contribution in [-0.4, -0.2) is 23.1 Å². The van der Waals surface area contributed by atoms with Gasteiger partial charge in [0.05, 0.1) is 5.69 Å². The van der Waals surface area contributed by atoms with E-state index in [-0.39, 0.29) is 6.04 Å². The molecule has 2 aromatic carbocycles. The summed E-state index contributed by atoms with van der Waals surface area (Å²) < 4.78 is 0.690. The molecule has 3 N–H and O–H groups in total. The third-order valence-electron chi connectivity index (χ3n) is 4.45. The van der Waals surface area contributed by atoms with Gasteiger partial charge in [-0.15, -0.1) is 0 Å². The van der Waals surface area contributed by atoms with Gasteiger partial charge in [0.25, 0.3) is 11.6 Å². The molecule has 7 heteroatoms. The zero-order chi connectivity index (χ0) is 18.9. The van der Waals surface area contributed by atoms with Gasteiger partial charge >= 0.3 is 6.03 Å². The number of carbonyl (C=O) groups is 2. The molecular formula is C19H20BrN3O3. The Balaban J connectivity index is 2.19. The largest absolute Gasteiger partial charge is 0.359 e. The van der Waals surface area contributed by atoms with Gasteiger partial charge in [-0.05, 0) is 43.7 Å². The van der Waals surface area contributed by atoms with E-state index in [1.54, 1.807) is 48.5 Å². The summed E-state index contributed by atoms with van der Waals surface area (Å²) in [5.41, 5.74) is -1.06. The Morgan fingerprint density at radius 3 is 2.65 bits per heavy atom. The smallest absolute Gasteiger partial charge is 0.329 e. The fraction of sp³-hybridized carbons (Fsp3) is 0.263. The maximum atomic E-state index is 13.1. The highest BCUT2D eigenvalue weighted by Crippen LogP contribution is 2.40. The van der Waals surface area contributed by atoms with Crippen LogP contribution in [0.15, 0.2) is 53.0 Å². The fourth-order valence-electron chi connectivity index (χ4n) is 2.88. The molecule has 0 saturated heterocycles. The van der Waals surface area contributed by atoms with Crippen molar-refractivity contribution in [2.75, 3.05) is 10.2 Å². The second kappa shape index (κ2) is 7.09. The molecule has 0 radical (unpaired) electrons. The molecule has 6 nitrogen and oxygen atoms in total. The van der Waals surface area contributed by atoms with Crippen molar-refractivity contribution in [1.29, 1.82) is 0 Å². The predicted octanol–water partition coefficient (Wildman–Crippen LogP) is 3.56. The van der Waals surface area contributed by atoms with Crippen molar-refractivity contribution in [3.63, 3.8) is 0 Å². The molecule has 1 aliphatic heterocycles. The van der Waals surface area contributed by atoms with Crippen molar-refractivity contribution in [1.82, 2.24) is 5.32 Å². The van der Waals surface area contributed by atoms with Crippen LogP contribution < -0.4 is 15.5 Å². The molecule has 0 saturated carbocycles. The first-order valence-corrected chi connectivity index (χ1v) is 9.16. The number of carbonyl (C=O) groups excluding carboxylic acids is 2. The van der Waals surface area contributed by atoms with Crippen LogP contribution in [0.2, 0.25) is 0 Å². The number of anilines is 2. The third-order valence-corrected chi connectivity index (χ3v) is 4.94. The zero-order valence-electron chi connectivity index (χ0n) is 14.5. The normalized spacial score (nSPS) is 20.2. The number of hydrogen-bond donors (Lipinski definition) is 3. The molecule has 2 atom stereocenters. The molecule has 1 aliphatic rings. The highest BCUT2D eigenvalue weighted by Gasteiger charge is 2.52. The lowest BCUT2D eigenvalue weighted by Gasteiger charge is -2.43. The van der Waals surface area contributed by atoms with Gasteiger partial charge in [-0.3, -0.25) is 9.69 Å². The fourth-order valence-corrected chi connectivity index (χ4v) is 3.24. The minimum atomic E-state index is -2.17. The van der Waals surface area contributed by atoms with Gasteiger partial charge in [0, 0.05) is 21.8 Å². The van der Waals surface area contributed by atoms with Crippen LogP contribution in [0.25, 0.3) is 0 Å². The first-order valence-electron chi connectivity index (χ1n) is 8.37. The first-order chi connectivity index (χ1) is 12.4. The van der Waals surface area contributed by atoms with Gasteiger partial charge in [-0.25, -0.2) is 4.79 Å². The van der Waals surface area contributed by atoms with Gasteiger partial charge in [0.15, 0.2) is 0 Å². The highest BCUT2D eigenvalue weighted by atomic mass is 79.9. The van der Waals surface area contributed by atoms with Gasteiger partial charge in [0.2, 0.25) is 0 Å². The summed E-state index contributed by atoms with van der Waals surface area (Å²) >= 11 is 3.37. The van der Waals surface area contributed by atoms with Gasteiger partial charge in [-0.2, -0.15) is 0 Å². The minimum absolute atomic E-state index is 0.148. The van der Waals surface area contributed by atoms with Crippen LogP contribution in [0.3, 0.4) is 0 Å². The molecular weight excluding hydrogens is 398 g/mol. The Kier molecular flexibility index (Phi) is 5.02. The van der Waals surface area contributed by atoms with Crippen LogP contribution in [0.4, 0.5) is 16.2 Å². The molecule has 3 amide bonds. The number of rotatable bonds is 4. The predicted molar refractivity (Wildman–Crippen MR) is 104 cm³/mol. The van der Waals surface area contributed by atoms with Crippen LogP contribution in [-0.2, 0) is 10.5 Å². The average molecular weight is 418 g/mol. The number of benzene rings is 2. The summed E-state index contributed by atoms with van der Waals surface area (Å²) in [6, 6.07) is 12.9. The lowest BCUT2D eigenvalue weighted by molar-refractivity contribution is -0.140. The topological polar surface area (TPSA) is 81.7 Å². The monoisotopic (exact) mass is 417 g/mol. The van der Waals surface area contributed by atoms with E-state index in [1.807, 2.05) is 13.8 Å². The number of hydrogen-bond acceptors (Lipinski definition) is 3. The number of nitrogens with zero attached hydrogens (tertiary/aromatic N) is 1. The molecule has 0 bridgehead atoms. The maximum absolute atomic E-state index is 13.1. The zero-order valence-corrected chi connectivity index (χ0v) is 16.1. The van der Waals surface area contributed by atoms with E-state index < -0.39 is 17.7 Å². The summed E-state index contributed by atoms with van der Waals surface area (Å²) in [6.07, 6.45) is 0.699. The van der Waals surface area contributed by atoms with E-state index in [0.717, 1.165) is 4.90 Å². The van der Waals surface area contributed by atoms with Gasteiger partial charge in [0.1, 0.15) is 0 Å². The van der Waals surface area contributed by atoms with Crippen molar-refractivity contribution in [2.45, 2.75) is 32.0 Å². The molecule has 0 spiro atoms. The van der Waals surface area contributed by atoms with E-state index in [2.05, 4.69) is 26.6 Å². The van der Waals surface area contributed by atoms with E-state index in [1.165, 1.54) is 0 Å². The second-order valence-electron chi connectivity index (χ2n) is 6.25. The Bertz CT molecular complexity index is 843. The van der Waals surface area contributed by atoms with E-state index in [4.69, 9.17) is 0 Å². The van der Waals surface area contributed by atoms with Crippen molar-refractivity contribution < 1.29 is 14.7 Å². The van der Waals surface area contributed by atoms with Crippen molar-refractivity contribution in [3.05, 3.63) is 58.6 Å². The molecule has 0 aromatic heterocycles. The Labute approximate surface area is 160 Å². The lowest BCUT2D eigenvalue weighted by atomic mass is 9.94. The second-order valence-corrected chi connectivity index (χ2v) is 7.16. The number of urea groups is 1. The standard InChI is InChI=1S/C19H20BrN3O3/c1-3-12(2)21-17(24)19(26)15-11-13(20)9-10-16(15)22-18(25)23(19)14-7-5-4-6-8-14/h4-12,26H,3H2,1-2H3,(H,21,24)(H,22,25). The Morgan fingerprint density at radius 2 is 2.00 bits per heavy atom. The first kappa shape index (κ1) is 18.4. The Hall–Kier alpha value is -2.38. The van der Waals surface area contributed by atoms with Crippen LogP contribution in [0.5, 0.6) is 0 Å². The quantitative estimate of drug-likeness (QED) is 0.710. The molecule has 1 heterocycles. The van der Waals surface area contributed by atoms with E-state index >= 15 is 0 Å².